The molecule has 0 radical (unpaired) electrons. The Kier molecular flexibility index (Phi) is 43.4. The standard InChI is InChI=1S/C10H12O2.C10H10S.C9H8S.C7H6Cl2.2C7H6F2.2C6H6ClN.3C6H7N.C5H6O/c1-3-12-10(11)9-7-5-4-6-8(9)2;1-2-9-7-8-5-3-4-6-10(8)11-9;1-7-6-8-4-2-3-5-9(8)10-7;1-5-2-6(8)4-7(9)3-5;1-5-2-3-6(8)4-7(5)9;1-5-2-3-6(8)7(9)4-5;1-5-2-3-6(7)8-4-5;1-5-3-2-4-8-6(5)7;1-6-2-4-7-5-3-6;1-6-3-2-4-7-5-6;1-6-4-2-3-5-7-6;1-5-3-2-4-6-5/h4-7H,3H2,1-2H3;3-7H,2H2,1H3;2-6H,1H3;3*2-4H,1H3;2*2-4H,1H3;3*2-5H,1H3;2-4H,1H3. The average Bonchev–Trinajstić information content (AvgIpc) is 1.73. The number of furan rings is 1. The maximum absolute atomic E-state index is 12.3. The summed E-state index contributed by atoms with van der Waals surface area (Å²) in [6.45, 7) is 25.6. The molecule has 0 bridgehead atoms. The molecule has 0 spiro atoms. The molecule has 0 saturated heterocycles. The minimum atomic E-state index is -0.791. The van der Waals surface area contributed by atoms with Gasteiger partial charge in [-0.15, -0.1) is 22.7 Å². The number of carbonyl (C=O) groups is 1. The molecule has 0 saturated carbocycles. The van der Waals surface area contributed by atoms with Crippen LogP contribution in [0, 0.1) is 99.4 Å². The first-order chi connectivity index (χ1) is 49.3. The highest BCUT2D eigenvalue weighted by Crippen LogP contribution is 2.26. The number of aryl methyl sites for hydroxylation is 12. The third-order valence-corrected chi connectivity index (χ3v) is 16.5. The monoisotopic (exact) mass is 1510 g/mol. The van der Waals surface area contributed by atoms with Crippen molar-refractivity contribution in [2.75, 3.05) is 6.61 Å². The van der Waals surface area contributed by atoms with Crippen molar-refractivity contribution < 1.29 is 31.5 Å². The van der Waals surface area contributed by atoms with E-state index in [4.69, 9.17) is 55.6 Å². The molecular weight excluding hydrogens is 1420 g/mol. The van der Waals surface area contributed by atoms with Crippen LogP contribution in [0.2, 0.25) is 20.4 Å². The molecule has 14 aromatic rings. The fraction of sp³-hybridized carbons (Fsp3) is 0.176. The molecule has 0 N–H and O–H groups in total. The molecule has 8 heterocycles. The van der Waals surface area contributed by atoms with Crippen LogP contribution < -0.4 is 0 Å². The van der Waals surface area contributed by atoms with Gasteiger partial charge in [-0.25, -0.2) is 32.3 Å². The molecule has 0 aliphatic heterocycles. The Morgan fingerprint density at radius 2 is 1.04 bits per heavy atom. The van der Waals surface area contributed by atoms with E-state index in [1.165, 1.54) is 59.3 Å². The maximum Gasteiger partial charge on any atom is 0.338 e. The second-order valence-electron chi connectivity index (χ2n) is 22.3. The van der Waals surface area contributed by atoms with Crippen molar-refractivity contribution >= 4 is 95.2 Å². The van der Waals surface area contributed by atoms with Gasteiger partial charge in [-0.3, -0.25) is 15.0 Å². The predicted molar refractivity (Wildman–Crippen MR) is 427 cm³/mol. The van der Waals surface area contributed by atoms with Crippen LogP contribution in [0.3, 0.4) is 0 Å². The second-order valence-corrected chi connectivity index (χ2v) is 26.4. The van der Waals surface area contributed by atoms with Gasteiger partial charge in [0.1, 0.15) is 27.7 Å². The summed E-state index contributed by atoms with van der Waals surface area (Å²) in [5.74, 6) is -1.87. The van der Waals surface area contributed by atoms with E-state index in [-0.39, 0.29) is 5.97 Å². The molecule has 0 fully saturated rings. The number of ether oxygens (including phenoxy) is 1. The lowest BCUT2D eigenvalue weighted by atomic mass is 10.1. The van der Waals surface area contributed by atoms with Crippen molar-refractivity contribution in [3.05, 3.63) is 383 Å². The van der Waals surface area contributed by atoms with Crippen molar-refractivity contribution in [3.8, 4) is 0 Å². The quantitative estimate of drug-likeness (QED) is 0.0979. The number of pyridine rings is 5. The Balaban J connectivity index is 0.000000293. The molecule has 14 rings (SSSR count). The fourth-order valence-corrected chi connectivity index (χ4v) is 10.6. The van der Waals surface area contributed by atoms with Gasteiger partial charge in [-0.2, -0.15) is 0 Å². The summed E-state index contributed by atoms with van der Waals surface area (Å²) in [5.41, 5.74) is 9.59. The van der Waals surface area contributed by atoms with Crippen molar-refractivity contribution in [2.45, 2.75) is 96.4 Å². The molecule has 6 aromatic carbocycles. The summed E-state index contributed by atoms with van der Waals surface area (Å²) in [6.07, 6.45) is 15.2. The third-order valence-electron chi connectivity index (χ3n) is 13.2. The summed E-state index contributed by atoms with van der Waals surface area (Å²) in [6, 6.07) is 66.7. The molecule has 0 aliphatic carbocycles. The van der Waals surface area contributed by atoms with E-state index in [9.17, 15) is 22.4 Å². The number of rotatable bonds is 3. The Hall–Kier alpha value is -9.38. The van der Waals surface area contributed by atoms with Gasteiger partial charge in [0.05, 0.1) is 18.4 Å². The Labute approximate surface area is 633 Å². The SMILES string of the molecule is CCOC(=O)c1ccccc1C.CCc1cc2ccccc2s1.Cc1cc(Cl)cc(Cl)c1.Cc1cc2ccccc2s1.Cc1ccc(Cl)nc1.Cc1ccc(F)c(F)c1.Cc1ccc(F)cc1F.Cc1ccccn1.Cc1cccnc1.Cc1cccnc1Cl.Cc1ccco1.Cc1ccncc1. The highest BCUT2D eigenvalue weighted by molar-refractivity contribution is 7.19. The number of aromatic nitrogens is 5. The Morgan fingerprint density at radius 1 is 0.437 bits per heavy atom. The molecule has 0 unspecified atom stereocenters. The van der Waals surface area contributed by atoms with Crippen LogP contribution in [-0.2, 0) is 11.2 Å². The maximum atomic E-state index is 12.3. The summed E-state index contributed by atoms with van der Waals surface area (Å²) >= 11 is 26.2. The van der Waals surface area contributed by atoms with Crippen molar-refractivity contribution in [1.29, 1.82) is 0 Å². The number of hydrogen-bond donors (Lipinski definition) is 0. The van der Waals surface area contributed by atoms with Crippen LogP contribution in [0.1, 0.15) is 89.9 Å². The predicted octanol–water partition coefficient (Wildman–Crippen LogP) is 26.5. The Bertz CT molecular complexity index is 4320. The van der Waals surface area contributed by atoms with Crippen LogP contribution in [-0.4, -0.2) is 37.5 Å². The average molecular weight is 1510 g/mol. The molecule has 0 aliphatic rings. The smallest absolute Gasteiger partial charge is 0.338 e. The lowest BCUT2D eigenvalue weighted by Crippen LogP contribution is -2.05. The summed E-state index contributed by atoms with van der Waals surface area (Å²) in [4.78, 5) is 33.5. The lowest BCUT2D eigenvalue weighted by Gasteiger charge is -2.03. The van der Waals surface area contributed by atoms with Gasteiger partial charge >= 0.3 is 5.97 Å². The van der Waals surface area contributed by atoms with Crippen LogP contribution in [0.25, 0.3) is 20.2 Å². The van der Waals surface area contributed by atoms with Crippen LogP contribution in [0.4, 0.5) is 17.6 Å². The van der Waals surface area contributed by atoms with E-state index < -0.39 is 23.3 Å². The van der Waals surface area contributed by atoms with E-state index in [0.29, 0.717) is 38.1 Å². The fourth-order valence-electron chi connectivity index (χ4n) is 7.80. The van der Waals surface area contributed by atoms with E-state index >= 15 is 0 Å². The molecule has 103 heavy (non-hydrogen) atoms. The zero-order chi connectivity index (χ0) is 75.9. The third kappa shape index (κ3) is 39.6. The molecule has 8 nitrogen and oxygen atoms in total. The normalized spacial score (nSPS) is 9.52. The Morgan fingerprint density at radius 3 is 1.46 bits per heavy atom. The highest BCUT2D eigenvalue weighted by atomic mass is 35.5. The molecule has 538 valence electrons. The largest absolute Gasteiger partial charge is 0.470 e. The van der Waals surface area contributed by atoms with Gasteiger partial charge in [0.2, 0.25) is 0 Å². The topological polar surface area (TPSA) is 104 Å². The first-order valence-corrected chi connectivity index (χ1v) is 35.6. The number of fused-ring (bicyclic) bond motifs is 2. The minimum Gasteiger partial charge on any atom is -0.470 e. The van der Waals surface area contributed by atoms with Gasteiger partial charge in [0.15, 0.2) is 11.6 Å². The molecule has 0 atom stereocenters. The second kappa shape index (κ2) is 50.9. The summed E-state index contributed by atoms with van der Waals surface area (Å²) in [5, 5.41) is 5.28. The van der Waals surface area contributed by atoms with Crippen molar-refractivity contribution in [3.63, 3.8) is 0 Å². The lowest BCUT2D eigenvalue weighted by molar-refractivity contribution is 0.0525. The molecule has 0 amide bonds. The zero-order valence-electron chi connectivity index (χ0n) is 60.1. The first kappa shape index (κ1) is 87.8. The van der Waals surface area contributed by atoms with Gasteiger partial charge in [0.25, 0.3) is 0 Å². The van der Waals surface area contributed by atoms with Gasteiger partial charge in [-0.1, -0.05) is 144 Å². The van der Waals surface area contributed by atoms with Gasteiger partial charge < -0.3 is 9.15 Å². The molecule has 18 heteroatoms. The first-order valence-electron chi connectivity index (χ1n) is 32.4. The molecule has 8 aromatic heterocycles. The number of hydrogen-bond acceptors (Lipinski definition) is 10. The van der Waals surface area contributed by atoms with Crippen LogP contribution in [0.5, 0.6) is 0 Å². The van der Waals surface area contributed by atoms with Crippen molar-refractivity contribution in [2.24, 2.45) is 0 Å². The number of halogens is 8. The van der Waals surface area contributed by atoms with E-state index in [1.807, 2.05) is 187 Å². The highest BCUT2D eigenvalue weighted by Gasteiger charge is 2.08. The van der Waals surface area contributed by atoms with Crippen molar-refractivity contribution in [1.82, 2.24) is 24.9 Å². The summed E-state index contributed by atoms with van der Waals surface area (Å²) in [7, 11) is 0. The van der Waals surface area contributed by atoms with E-state index in [1.54, 1.807) is 82.4 Å². The number of benzene rings is 6. The molecular formula is C85H87Cl4F4N5O3S2. The van der Waals surface area contributed by atoms with Gasteiger partial charge in [0, 0.05) is 84.3 Å². The summed E-state index contributed by atoms with van der Waals surface area (Å²) < 4.78 is 61.3. The number of nitrogens with zero attached hydrogens (tertiary/aromatic N) is 5. The number of thiophene rings is 2. The van der Waals surface area contributed by atoms with Crippen LogP contribution >= 0.6 is 69.1 Å². The zero-order valence-corrected chi connectivity index (χ0v) is 64.8. The van der Waals surface area contributed by atoms with E-state index in [0.717, 1.165) is 63.9 Å². The van der Waals surface area contributed by atoms with Crippen LogP contribution in [0.15, 0.2) is 272 Å². The van der Waals surface area contributed by atoms with Gasteiger partial charge in [-0.05, 0) is 266 Å². The number of esters is 1. The number of carbonyl (C=O) groups excluding carboxylic acids is 1. The van der Waals surface area contributed by atoms with E-state index in [2.05, 4.69) is 99.4 Å². The minimum absolute atomic E-state index is 0.240.